The van der Waals surface area contributed by atoms with Crippen LogP contribution < -0.4 is 11.1 Å². The van der Waals surface area contributed by atoms with Crippen molar-refractivity contribution in [3.8, 4) is 0 Å². The summed E-state index contributed by atoms with van der Waals surface area (Å²) in [5.74, 6) is 0.986. The summed E-state index contributed by atoms with van der Waals surface area (Å²) < 4.78 is 5.17. The fourth-order valence-electron chi connectivity index (χ4n) is 1.68. The average Bonchev–Trinajstić information content (AvgIpc) is 2.38. The van der Waals surface area contributed by atoms with Gasteiger partial charge in [-0.15, -0.1) is 0 Å². The highest BCUT2D eigenvalue weighted by Gasteiger charge is 2.02. The molecule has 0 aliphatic rings. The van der Waals surface area contributed by atoms with Gasteiger partial charge in [-0.2, -0.15) is 4.98 Å². The number of nitrogens with zero attached hydrogens (tertiary/aromatic N) is 2. The lowest BCUT2D eigenvalue weighted by Crippen LogP contribution is -2.06. The van der Waals surface area contributed by atoms with E-state index in [0.717, 1.165) is 11.4 Å². The second-order valence-electron chi connectivity index (χ2n) is 3.86. The second-order valence-corrected chi connectivity index (χ2v) is 3.86. The number of benzene rings is 1. The largest absolute Gasteiger partial charge is 0.380 e. The van der Waals surface area contributed by atoms with Gasteiger partial charge in [0, 0.05) is 19.9 Å². The maximum Gasteiger partial charge on any atom is 0.221 e. The van der Waals surface area contributed by atoms with Gasteiger partial charge in [0.15, 0.2) is 0 Å². The summed E-state index contributed by atoms with van der Waals surface area (Å²) in [4.78, 5) is 7.94. The summed E-state index contributed by atoms with van der Waals surface area (Å²) in [5, 5.41) is 3.21. The van der Waals surface area contributed by atoms with Crippen LogP contribution in [0, 0.1) is 0 Å². The molecular weight excluding hydrogens is 228 g/mol. The normalized spacial score (nSPS) is 10.3. The van der Waals surface area contributed by atoms with Gasteiger partial charge in [-0.1, -0.05) is 24.3 Å². The van der Waals surface area contributed by atoms with E-state index in [9.17, 15) is 0 Å². The van der Waals surface area contributed by atoms with Crippen LogP contribution in [0.5, 0.6) is 0 Å². The van der Waals surface area contributed by atoms with Crippen molar-refractivity contribution in [3.63, 3.8) is 0 Å². The molecule has 3 N–H and O–H groups in total. The Morgan fingerprint density at radius 1 is 1.22 bits per heavy atom. The molecule has 0 atom stereocenters. The lowest BCUT2D eigenvalue weighted by Gasteiger charge is -2.10. The summed E-state index contributed by atoms with van der Waals surface area (Å²) in [5.41, 5.74) is 7.86. The molecule has 1 heterocycles. The molecular formula is C13H16N4O. The van der Waals surface area contributed by atoms with E-state index in [4.69, 9.17) is 10.5 Å². The van der Waals surface area contributed by atoms with E-state index >= 15 is 0 Å². The van der Waals surface area contributed by atoms with Gasteiger partial charge in [-0.3, -0.25) is 0 Å². The first-order valence-corrected chi connectivity index (χ1v) is 5.67. The molecule has 18 heavy (non-hydrogen) atoms. The van der Waals surface area contributed by atoms with Gasteiger partial charge in [0.1, 0.15) is 5.82 Å². The molecule has 0 aliphatic heterocycles. The van der Waals surface area contributed by atoms with Crippen molar-refractivity contribution in [2.24, 2.45) is 0 Å². The monoisotopic (exact) mass is 244 g/mol. The molecule has 5 nitrogen and oxygen atoms in total. The fourth-order valence-corrected chi connectivity index (χ4v) is 1.68. The number of aromatic nitrogens is 2. The topological polar surface area (TPSA) is 73.1 Å². The molecule has 1 aromatic carbocycles. The summed E-state index contributed by atoms with van der Waals surface area (Å²) in [6.45, 7) is 1.28. The quantitative estimate of drug-likeness (QED) is 0.839. The number of rotatable bonds is 5. The van der Waals surface area contributed by atoms with Crippen molar-refractivity contribution in [1.29, 1.82) is 0 Å². The molecule has 0 aliphatic carbocycles. The molecule has 2 aromatic rings. The number of nitrogens with two attached hydrogens (primary N) is 1. The highest BCUT2D eigenvalue weighted by Crippen LogP contribution is 2.12. The molecule has 0 fully saturated rings. The minimum absolute atomic E-state index is 0.269. The van der Waals surface area contributed by atoms with Crippen molar-refractivity contribution in [3.05, 3.63) is 47.7 Å². The van der Waals surface area contributed by atoms with Crippen LogP contribution in [0.15, 0.2) is 36.5 Å². The fraction of sp³-hybridized carbons (Fsp3) is 0.231. The standard InChI is InChI=1S/C13H16N4O/c1-18-9-11-5-3-2-4-10(11)8-16-12-6-7-15-13(14)17-12/h2-7H,8-9H2,1H3,(H3,14,15,16,17). The van der Waals surface area contributed by atoms with Crippen LogP contribution in [0.2, 0.25) is 0 Å². The first-order chi connectivity index (χ1) is 8.79. The molecule has 0 spiro atoms. The van der Waals surface area contributed by atoms with E-state index in [-0.39, 0.29) is 5.95 Å². The van der Waals surface area contributed by atoms with Crippen molar-refractivity contribution < 1.29 is 4.74 Å². The summed E-state index contributed by atoms with van der Waals surface area (Å²) >= 11 is 0. The highest BCUT2D eigenvalue weighted by atomic mass is 16.5. The smallest absolute Gasteiger partial charge is 0.221 e. The first kappa shape index (κ1) is 12.3. The summed E-state index contributed by atoms with van der Waals surface area (Å²) in [6.07, 6.45) is 1.63. The van der Waals surface area contributed by atoms with Crippen LogP contribution in [-0.4, -0.2) is 17.1 Å². The van der Waals surface area contributed by atoms with Gasteiger partial charge in [0.25, 0.3) is 0 Å². The molecule has 0 saturated carbocycles. The number of anilines is 2. The van der Waals surface area contributed by atoms with E-state index in [2.05, 4.69) is 27.4 Å². The Morgan fingerprint density at radius 2 is 2.00 bits per heavy atom. The van der Waals surface area contributed by atoms with E-state index in [1.807, 2.05) is 12.1 Å². The van der Waals surface area contributed by atoms with Crippen LogP contribution in [-0.2, 0) is 17.9 Å². The van der Waals surface area contributed by atoms with Crippen molar-refractivity contribution in [2.45, 2.75) is 13.2 Å². The zero-order valence-electron chi connectivity index (χ0n) is 10.3. The van der Waals surface area contributed by atoms with Crippen molar-refractivity contribution in [1.82, 2.24) is 9.97 Å². The molecule has 94 valence electrons. The molecule has 0 unspecified atom stereocenters. The predicted octanol–water partition coefficient (Wildman–Crippen LogP) is 1.82. The lowest BCUT2D eigenvalue weighted by atomic mass is 10.1. The number of nitrogens with one attached hydrogen (secondary N) is 1. The Hall–Kier alpha value is -2.14. The Labute approximate surface area is 106 Å². The average molecular weight is 244 g/mol. The third-order valence-electron chi connectivity index (χ3n) is 2.55. The third kappa shape index (κ3) is 3.18. The van der Waals surface area contributed by atoms with E-state index in [0.29, 0.717) is 13.2 Å². The van der Waals surface area contributed by atoms with Crippen LogP contribution >= 0.6 is 0 Å². The first-order valence-electron chi connectivity index (χ1n) is 5.67. The minimum Gasteiger partial charge on any atom is -0.380 e. The SMILES string of the molecule is COCc1ccccc1CNc1ccnc(N)n1. The van der Waals surface area contributed by atoms with Crippen LogP contribution in [0.3, 0.4) is 0 Å². The zero-order valence-corrected chi connectivity index (χ0v) is 10.3. The van der Waals surface area contributed by atoms with Crippen LogP contribution in [0.4, 0.5) is 11.8 Å². The lowest BCUT2D eigenvalue weighted by molar-refractivity contribution is 0.184. The Balaban J connectivity index is 2.06. The third-order valence-corrected chi connectivity index (χ3v) is 2.55. The molecule has 2 rings (SSSR count). The van der Waals surface area contributed by atoms with Crippen molar-refractivity contribution in [2.75, 3.05) is 18.2 Å². The maximum atomic E-state index is 5.52. The van der Waals surface area contributed by atoms with E-state index in [1.54, 1.807) is 19.4 Å². The molecule has 5 heteroatoms. The number of hydrogen-bond donors (Lipinski definition) is 2. The molecule has 0 bridgehead atoms. The number of hydrogen-bond acceptors (Lipinski definition) is 5. The minimum atomic E-state index is 0.269. The highest BCUT2D eigenvalue weighted by molar-refractivity contribution is 5.39. The molecule has 1 aromatic heterocycles. The Kier molecular flexibility index (Phi) is 4.09. The number of ether oxygens (including phenoxy) is 1. The summed E-state index contributed by atoms with van der Waals surface area (Å²) in [7, 11) is 1.69. The van der Waals surface area contributed by atoms with Crippen LogP contribution in [0.25, 0.3) is 0 Å². The maximum absolute atomic E-state index is 5.52. The van der Waals surface area contributed by atoms with E-state index < -0.39 is 0 Å². The molecule has 0 radical (unpaired) electrons. The van der Waals surface area contributed by atoms with Gasteiger partial charge < -0.3 is 15.8 Å². The van der Waals surface area contributed by atoms with Crippen LogP contribution in [0.1, 0.15) is 11.1 Å². The molecule has 0 amide bonds. The van der Waals surface area contributed by atoms with Gasteiger partial charge in [0.2, 0.25) is 5.95 Å². The predicted molar refractivity (Wildman–Crippen MR) is 70.9 cm³/mol. The number of methoxy groups -OCH3 is 1. The number of nitrogen functional groups attached to an aromatic ring is 1. The van der Waals surface area contributed by atoms with E-state index in [1.165, 1.54) is 5.56 Å². The Bertz CT molecular complexity index is 516. The second kappa shape index (κ2) is 5.97. The van der Waals surface area contributed by atoms with Crippen molar-refractivity contribution >= 4 is 11.8 Å². The Morgan fingerprint density at radius 3 is 2.72 bits per heavy atom. The van der Waals surface area contributed by atoms with Gasteiger partial charge in [-0.25, -0.2) is 4.98 Å². The summed E-state index contributed by atoms with van der Waals surface area (Å²) in [6, 6.07) is 9.90. The van der Waals surface area contributed by atoms with Gasteiger partial charge >= 0.3 is 0 Å². The van der Waals surface area contributed by atoms with Gasteiger partial charge in [0.05, 0.1) is 6.61 Å². The van der Waals surface area contributed by atoms with Gasteiger partial charge in [-0.05, 0) is 17.2 Å². The molecule has 0 saturated heterocycles. The zero-order chi connectivity index (χ0) is 12.8.